The Kier molecular flexibility index (Phi) is 4.83. The summed E-state index contributed by atoms with van der Waals surface area (Å²) < 4.78 is 2.05. The maximum atomic E-state index is 5.96. The van der Waals surface area contributed by atoms with Gasteiger partial charge in [0.25, 0.3) is 0 Å². The largest absolute Gasteiger partial charge is 0.309 e. The fraction of sp³-hybridized carbons (Fsp3) is 0.556. The lowest BCUT2D eigenvalue weighted by Crippen LogP contribution is -2.48. The highest BCUT2D eigenvalue weighted by Gasteiger charge is 2.25. The molecule has 0 spiro atoms. The van der Waals surface area contributed by atoms with E-state index in [4.69, 9.17) is 11.6 Å². The van der Waals surface area contributed by atoms with Gasteiger partial charge in [0.2, 0.25) is 0 Å². The molecule has 1 fully saturated rings. The van der Waals surface area contributed by atoms with E-state index in [9.17, 15) is 0 Å². The molecule has 1 unspecified atom stereocenters. The lowest BCUT2D eigenvalue weighted by molar-refractivity contribution is 0.177. The SMILES string of the molecule is Clc1ccc(CN2CCC(NC3CCc4ncnn4C3)CC2)cc1. The summed E-state index contributed by atoms with van der Waals surface area (Å²) in [6.07, 6.45) is 6.31. The maximum Gasteiger partial charge on any atom is 0.138 e. The van der Waals surface area contributed by atoms with Gasteiger partial charge in [-0.1, -0.05) is 23.7 Å². The van der Waals surface area contributed by atoms with Crippen molar-refractivity contribution in [2.45, 2.75) is 50.9 Å². The summed E-state index contributed by atoms with van der Waals surface area (Å²) in [5.74, 6) is 1.13. The molecule has 0 aliphatic carbocycles. The Morgan fingerprint density at radius 2 is 1.88 bits per heavy atom. The summed E-state index contributed by atoms with van der Waals surface area (Å²) in [5.41, 5.74) is 1.34. The Labute approximate surface area is 148 Å². The summed E-state index contributed by atoms with van der Waals surface area (Å²) in [6, 6.07) is 9.38. The molecule has 2 aliphatic rings. The van der Waals surface area contributed by atoms with Crippen LogP contribution in [0.3, 0.4) is 0 Å². The average molecular weight is 346 g/mol. The quantitative estimate of drug-likeness (QED) is 0.924. The van der Waals surface area contributed by atoms with Crippen molar-refractivity contribution in [1.29, 1.82) is 0 Å². The van der Waals surface area contributed by atoms with Gasteiger partial charge in [-0.25, -0.2) is 9.67 Å². The zero-order valence-corrected chi connectivity index (χ0v) is 14.6. The van der Waals surface area contributed by atoms with Gasteiger partial charge in [0.05, 0.1) is 6.54 Å². The number of likely N-dealkylation sites (tertiary alicyclic amines) is 1. The van der Waals surface area contributed by atoms with Gasteiger partial charge in [0, 0.05) is 30.1 Å². The van der Waals surface area contributed by atoms with Gasteiger partial charge in [-0.3, -0.25) is 4.90 Å². The number of aromatic nitrogens is 3. The van der Waals surface area contributed by atoms with Crippen LogP contribution in [-0.2, 0) is 19.5 Å². The first-order valence-corrected chi connectivity index (χ1v) is 9.23. The van der Waals surface area contributed by atoms with E-state index in [0.717, 1.165) is 43.4 Å². The van der Waals surface area contributed by atoms with E-state index < -0.39 is 0 Å². The second-order valence-corrected chi connectivity index (χ2v) is 7.37. The van der Waals surface area contributed by atoms with Gasteiger partial charge in [0.1, 0.15) is 12.2 Å². The van der Waals surface area contributed by atoms with Crippen molar-refractivity contribution in [2.24, 2.45) is 0 Å². The number of nitrogens with zero attached hydrogens (tertiary/aromatic N) is 4. The summed E-state index contributed by atoms with van der Waals surface area (Å²) in [7, 11) is 0. The minimum Gasteiger partial charge on any atom is -0.309 e. The Morgan fingerprint density at radius 3 is 2.67 bits per heavy atom. The van der Waals surface area contributed by atoms with E-state index >= 15 is 0 Å². The second kappa shape index (κ2) is 7.21. The number of halogens is 1. The Morgan fingerprint density at radius 1 is 1.08 bits per heavy atom. The van der Waals surface area contributed by atoms with Crippen LogP contribution in [0.2, 0.25) is 5.02 Å². The maximum absolute atomic E-state index is 5.96. The van der Waals surface area contributed by atoms with Gasteiger partial charge in [-0.2, -0.15) is 5.10 Å². The van der Waals surface area contributed by atoms with Crippen LogP contribution in [0.25, 0.3) is 0 Å². The number of aryl methyl sites for hydroxylation is 1. The summed E-state index contributed by atoms with van der Waals surface area (Å²) in [6.45, 7) is 4.29. The van der Waals surface area contributed by atoms with Crippen LogP contribution >= 0.6 is 11.6 Å². The lowest BCUT2D eigenvalue weighted by atomic mass is 10.0. The van der Waals surface area contributed by atoms with Crippen molar-refractivity contribution in [1.82, 2.24) is 25.0 Å². The molecule has 1 atom stereocenters. The third kappa shape index (κ3) is 3.79. The van der Waals surface area contributed by atoms with Crippen LogP contribution in [0.1, 0.15) is 30.7 Å². The fourth-order valence-corrected chi connectivity index (χ4v) is 3.94. The molecule has 2 aliphatic heterocycles. The molecule has 128 valence electrons. The van der Waals surface area contributed by atoms with Crippen LogP contribution in [0.4, 0.5) is 0 Å². The number of hydrogen-bond donors (Lipinski definition) is 1. The zero-order valence-electron chi connectivity index (χ0n) is 13.9. The smallest absolute Gasteiger partial charge is 0.138 e. The first-order valence-electron chi connectivity index (χ1n) is 8.86. The van der Waals surface area contributed by atoms with Crippen molar-refractivity contribution in [2.75, 3.05) is 13.1 Å². The molecule has 0 saturated carbocycles. The van der Waals surface area contributed by atoms with E-state index in [1.807, 2.05) is 12.1 Å². The minimum atomic E-state index is 0.534. The van der Waals surface area contributed by atoms with Gasteiger partial charge >= 0.3 is 0 Å². The van der Waals surface area contributed by atoms with Crippen LogP contribution in [0.15, 0.2) is 30.6 Å². The van der Waals surface area contributed by atoms with Crippen LogP contribution in [0.5, 0.6) is 0 Å². The van der Waals surface area contributed by atoms with Crippen molar-refractivity contribution in [3.05, 3.63) is 47.0 Å². The van der Waals surface area contributed by atoms with Gasteiger partial charge in [0.15, 0.2) is 0 Å². The van der Waals surface area contributed by atoms with Crippen LogP contribution in [0, 0.1) is 0 Å². The molecule has 3 heterocycles. The standard InChI is InChI=1S/C18H24ClN5/c19-15-3-1-14(2-4-15)11-23-9-7-16(8-10-23)22-17-5-6-18-20-13-21-24(18)12-17/h1-4,13,16-17,22H,5-12H2. The average Bonchev–Trinajstić information content (AvgIpc) is 3.06. The summed E-state index contributed by atoms with van der Waals surface area (Å²) in [5, 5.41) is 8.97. The zero-order chi connectivity index (χ0) is 16.4. The molecule has 2 aromatic rings. The molecule has 0 radical (unpaired) electrons. The Hall–Kier alpha value is -1.43. The van der Waals surface area contributed by atoms with Crippen molar-refractivity contribution in [3.8, 4) is 0 Å². The summed E-state index contributed by atoms with van der Waals surface area (Å²) >= 11 is 5.96. The molecule has 5 nitrogen and oxygen atoms in total. The van der Waals surface area contributed by atoms with E-state index in [2.05, 4.69) is 37.1 Å². The summed E-state index contributed by atoms with van der Waals surface area (Å²) in [4.78, 5) is 6.84. The van der Waals surface area contributed by atoms with Crippen LogP contribution < -0.4 is 5.32 Å². The van der Waals surface area contributed by atoms with Gasteiger partial charge in [-0.15, -0.1) is 0 Å². The van der Waals surface area contributed by atoms with Crippen molar-refractivity contribution < 1.29 is 0 Å². The molecule has 4 rings (SSSR count). The van der Waals surface area contributed by atoms with E-state index in [1.54, 1.807) is 6.33 Å². The molecular weight excluding hydrogens is 322 g/mol. The monoisotopic (exact) mass is 345 g/mol. The first kappa shape index (κ1) is 16.1. The molecule has 0 bridgehead atoms. The van der Waals surface area contributed by atoms with E-state index in [1.165, 1.54) is 24.8 Å². The molecule has 1 saturated heterocycles. The normalized spacial score (nSPS) is 22.5. The van der Waals surface area contributed by atoms with E-state index in [-0.39, 0.29) is 0 Å². The number of rotatable bonds is 4. The molecule has 6 heteroatoms. The third-order valence-electron chi connectivity index (χ3n) is 5.18. The third-order valence-corrected chi connectivity index (χ3v) is 5.44. The highest BCUT2D eigenvalue weighted by Crippen LogP contribution is 2.18. The predicted octanol–water partition coefficient (Wildman–Crippen LogP) is 2.50. The van der Waals surface area contributed by atoms with Crippen molar-refractivity contribution in [3.63, 3.8) is 0 Å². The highest BCUT2D eigenvalue weighted by molar-refractivity contribution is 6.30. The molecular formula is C18H24ClN5. The van der Waals surface area contributed by atoms with Crippen molar-refractivity contribution >= 4 is 11.6 Å². The fourth-order valence-electron chi connectivity index (χ4n) is 3.81. The lowest BCUT2D eigenvalue weighted by Gasteiger charge is -2.35. The van der Waals surface area contributed by atoms with Gasteiger partial charge < -0.3 is 5.32 Å². The molecule has 1 N–H and O–H groups in total. The van der Waals surface area contributed by atoms with Crippen LogP contribution in [-0.4, -0.2) is 44.8 Å². The number of hydrogen-bond acceptors (Lipinski definition) is 4. The number of fused-ring (bicyclic) bond motifs is 1. The number of benzene rings is 1. The molecule has 1 aromatic carbocycles. The van der Waals surface area contributed by atoms with Gasteiger partial charge in [-0.05, 0) is 50.0 Å². The van der Waals surface area contributed by atoms with E-state index in [0.29, 0.717) is 12.1 Å². The molecule has 24 heavy (non-hydrogen) atoms. The molecule has 0 amide bonds. The minimum absolute atomic E-state index is 0.534. The number of nitrogens with one attached hydrogen (secondary N) is 1. The molecule has 1 aromatic heterocycles. The predicted molar refractivity (Wildman–Crippen MR) is 95.0 cm³/mol. The number of piperidine rings is 1. The Bertz CT molecular complexity index is 660. The Balaban J connectivity index is 1.24. The topological polar surface area (TPSA) is 46.0 Å². The second-order valence-electron chi connectivity index (χ2n) is 6.94. The highest BCUT2D eigenvalue weighted by atomic mass is 35.5. The first-order chi connectivity index (χ1) is 11.8.